The molecule has 3 nitrogen and oxygen atoms in total. The first-order chi connectivity index (χ1) is 8.08. The summed E-state index contributed by atoms with van der Waals surface area (Å²) in [5, 5.41) is 0. The van der Waals surface area contributed by atoms with Gasteiger partial charge in [-0.1, -0.05) is 12.2 Å². The predicted molar refractivity (Wildman–Crippen MR) is 69.8 cm³/mol. The quantitative estimate of drug-likeness (QED) is 0.682. The SMILES string of the molecule is C=C(C)CN1CCCC1CN(C(C)=O)C1CC1. The summed E-state index contributed by atoms with van der Waals surface area (Å²) < 4.78 is 0. The second-order valence-corrected chi connectivity index (χ2v) is 5.63. The zero-order valence-electron chi connectivity index (χ0n) is 11.1. The van der Waals surface area contributed by atoms with Crippen LogP contribution in [0.4, 0.5) is 0 Å². The Hall–Kier alpha value is -0.830. The van der Waals surface area contributed by atoms with Crippen LogP contribution in [0.2, 0.25) is 0 Å². The van der Waals surface area contributed by atoms with Crippen LogP contribution in [0.5, 0.6) is 0 Å². The summed E-state index contributed by atoms with van der Waals surface area (Å²) >= 11 is 0. The van der Waals surface area contributed by atoms with Gasteiger partial charge in [0.2, 0.25) is 5.91 Å². The topological polar surface area (TPSA) is 23.6 Å². The fourth-order valence-corrected chi connectivity index (χ4v) is 2.80. The molecule has 1 amide bonds. The van der Waals surface area contributed by atoms with Crippen LogP contribution in [-0.2, 0) is 4.79 Å². The summed E-state index contributed by atoms with van der Waals surface area (Å²) in [7, 11) is 0. The number of hydrogen-bond acceptors (Lipinski definition) is 2. The van der Waals surface area contributed by atoms with Crippen LogP contribution in [0.15, 0.2) is 12.2 Å². The Bertz CT molecular complexity index is 309. The lowest BCUT2D eigenvalue weighted by Crippen LogP contribution is -2.43. The number of carbonyl (C=O) groups excluding carboxylic acids is 1. The Morgan fingerprint density at radius 3 is 2.59 bits per heavy atom. The number of likely N-dealkylation sites (tertiary alicyclic amines) is 1. The zero-order chi connectivity index (χ0) is 12.4. The molecule has 1 saturated heterocycles. The summed E-state index contributed by atoms with van der Waals surface area (Å²) in [5.41, 5.74) is 1.22. The van der Waals surface area contributed by atoms with Crippen molar-refractivity contribution in [1.82, 2.24) is 9.80 Å². The molecule has 1 heterocycles. The van der Waals surface area contributed by atoms with Gasteiger partial charge in [-0.15, -0.1) is 0 Å². The van der Waals surface area contributed by atoms with E-state index >= 15 is 0 Å². The van der Waals surface area contributed by atoms with Crippen LogP contribution in [-0.4, -0.2) is 47.4 Å². The first-order valence-corrected chi connectivity index (χ1v) is 6.73. The summed E-state index contributed by atoms with van der Waals surface area (Å²) in [6, 6.07) is 1.09. The number of nitrogens with zero attached hydrogens (tertiary/aromatic N) is 2. The van der Waals surface area contributed by atoms with Gasteiger partial charge in [-0.25, -0.2) is 0 Å². The second kappa shape index (κ2) is 5.21. The molecular formula is C14H24N2O. The van der Waals surface area contributed by atoms with Crippen molar-refractivity contribution in [3.8, 4) is 0 Å². The maximum atomic E-state index is 11.6. The van der Waals surface area contributed by atoms with Gasteiger partial charge in [0.15, 0.2) is 0 Å². The molecule has 0 spiro atoms. The molecule has 96 valence electrons. The average molecular weight is 236 g/mol. The van der Waals surface area contributed by atoms with Gasteiger partial charge in [-0.2, -0.15) is 0 Å². The van der Waals surface area contributed by atoms with E-state index in [2.05, 4.69) is 23.3 Å². The smallest absolute Gasteiger partial charge is 0.219 e. The van der Waals surface area contributed by atoms with Crippen molar-refractivity contribution in [2.45, 2.75) is 51.6 Å². The molecule has 3 heteroatoms. The molecule has 0 radical (unpaired) electrons. The van der Waals surface area contributed by atoms with Crippen LogP contribution in [0.1, 0.15) is 39.5 Å². The molecule has 1 saturated carbocycles. The minimum Gasteiger partial charge on any atom is -0.338 e. The van der Waals surface area contributed by atoms with Gasteiger partial charge in [0.05, 0.1) is 0 Å². The minimum absolute atomic E-state index is 0.245. The van der Waals surface area contributed by atoms with Crippen LogP contribution < -0.4 is 0 Å². The highest BCUT2D eigenvalue weighted by Gasteiger charge is 2.34. The third kappa shape index (κ3) is 3.32. The van der Waals surface area contributed by atoms with Crippen LogP contribution in [0.25, 0.3) is 0 Å². The normalized spacial score (nSPS) is 24.9. The molecule has 0 aromatic carbocycles. The van der Waals surface area contributed by atoms with Gasteiger partial charge in [0.1, 0.15) is 0 Å². The molecule has 1 aliphatic heterocycles. The van der Waals surface area contributed by atoms with Crippen molar-refractivity contribution < 1.29 is 4.79 Å². The van der Waals surface area contributed by atoms with Crippen LogP contribution >= 0.6 is 0 Å². The van der Waals surface area contributed by atoms with E-state index in [0.29, 0.717) is 12.1 Å². The summed E-state index contributed by atoms with van der Waals surface area (Å²) in [4.78, 5) is 16.2. The van der Waals surface area contributed by atoms with E-state index in [1.54, 1.807) is 6.92 Å². The number of amides is 1. The molecule has 17 heavy (non-hydrogen) atoms. The first-order valence-electron chi connectivity index (χ1n) is 6.73. The largest absolute Gasteiger partial charge is 0.338 e. The van der Waals surface area contributed by atoms with E-state index < -0.39 is 0 Å². The minimum atomic E-state index is 0.245. The summed E-state index contributed by atoms with van der Waals surface area (Å²) in [6.45, 7) is 10.9. The summed E-state index contributed by atoms with van der Waals surface area (Å²) in [6.07, 6.45) is 4.89. The van der Waals surface area contributed by atoms with Crippen molar-refractivity contribution >= 4 is 5.91 Å². The highest BCUT2D eigenvalue weighted by molar-refractivity contribution is 5.74. The highest BCUT2D eigenvalue weighted by atomic mass is 16.2. The lowest BCUT2D eigenvalue weighted by molar-refractivity contribution is -0.130. The van der Waals surface area contributed by atoms with Crippen molar-refractivity contribution in [3.63, 3.8) is 0 Å². The first kappa shape index (κ1) is 12.6. The third-order valence-corrected chi connectivity index (χ3v) is 3.77. The third-order valence-electron chi connectivity index (χ3n) is 3.77. The highest BCUT2D eigenvalue weighted by Crippen LogP contribution is 2.29. The van der Waals surface area contributed by atoms with Gasteiger partial charge >= 0.3 is 0 Å². The maximum Gasteiger partial charge on any atom is 0.219 e. The Morgan fingerprint density at radius 1 is 1.35 bits per heavy atom. The van der Waals surface area contributed by atoms with E-state index in [0.717, 1.165) is 19.6 Å². The Balaban J connectivity index is 1.91. The van der Waals surface area contributed by atoms with E-state index in [9.17, 15) is 4.79 Å². The van der Waals surface area contributed by atoms with Crippen molar-refractivity contribution in [2.75, 3.05) is 19.6 Å². The number of rotatable bonds is 5. The second-order valence-electron chi connectivity index (χ2n) is 5.63. The lowest BCUT2D eigenvalue weighted by Gasteiger charge is -2.30. The monoisotopic (exact) mass is 236 g/mol. The average Bonchev–Trinajstić information content (AvgIpc) is 2.97. The maximum absolute atomic E-state index is 11.6. The van der Waals surface area contributed by atoms with E-state index in [1.807, 2.05) is 0 Å². The molecule has 1 aliphatic carbocycles. The predicted octanol–water partition coefficient (Wildman–Crippen LogP) is 2.04. The van der Waals surface area contributed by atoms with Gasteiger partial charge in [0, 0.05) is 32.1 Å². The Morgan fingerprint density at radius 2 is 2.06 bits per heavy atom. The number of hydrogen-bond donors (Lipinski definition) is 0. The van der Waals surface area contributed by atoms with Crippen LogP contribution in [0.3, 0.4) is 0 Å². The molecular weight excluding hydrogens is 212 g/mol. The van der Waals surface area contributed by atoms with E-state index in [1.165, 1.54) is 31.3 Å². The summed E-state index contributed by atoms with van der Waals surface area (Å²) in [5.74, 6) is 0.245. The molecule has 0 aromatic rings. The van der Waals surface area contributed by atoms with Gasteiger partial charge in [-0.05, 0) is 39.2 Å². The molecule has 0 N–H and O–H groups in total. The van der Waals surface area contributed by atoms with Crippen molar-refractivity contribution in [3.05, 3.63) is 12.2 Å². The lowest BCUT2D eigenvalue weighted by atomic mass is 10.2. The number of carbonyl (C=O) groups is 1. The molecule has 1 unspecified atom stereocenters. The molecule has 0 bridgehead atoms. The fourth-order valence-electron chi connectivity index (χ4n) is 2.80. The Labute approximate surface area is 104 Å². The molecule has 2 aliphatic rings. The zero-order valence-corrected chi connectivity index (χ0v) is 11.1. The molecule has 0 aromatic heterocycles. The molecule has 2 rings (SSSR count). The van der Waals surface area contributed by atoms with Gasteiger partial charge < -0.3 is 4.90 Å². The van der Waals surface area contributed by atoms with E-state index in [4.69, 9.17) is 0 Å². The fraction of sp³-hybridized carbons (Fsp3) is 0.786. The molecule has 1 atom stereocenters. The van der Waals surface area contributed by atoms with Gasteiger partial charge in [0.25, 0.3) is 0 Å². The van der Waals surface area contributed by atoms with Crippen molar-refractivity contribution in [1.29, 1.82) is 0 Å². The van der Waals surface area contributed by atoms with E-state index in [-0.39, 0.29) is 5.91 Å². The molecule has 2 fully saturated rings. The van der Waals surface area contributed by atoms with Crippen molar-refractivity contribution in [2.24, 2.45) is 0 Å². The standard InChI is InChI=1S/C14H24N2O/c1-11(2)9-15-8-4-5-14(15)10-16(12(3)17)13-6-7-13/h13-14H,1,4-10H2,2-3H3. The van der Waals surface area contributed by atoms with Gasteiger partial charge in [-0.3, -0.25) is 9.69 Å². The Kier molecular flexibility index (Phi) is 3.87. The van der Waals surface area contributed by atoms with Crippen LogP contribution in [0, 0.1) is 0 Å².